The van der Waals surface area contributed by atoms with Crippen molar-refractivity contribution in [1.29, 1.82) is 0 Å². The van der Waals surface area contributed by atoms with Crippen LogP contribution < -0.4 is 5.32 Å². The molecule has 0 spiro atoms. The van der Waals surface area contributed by atoms with Crippen molar-refractivity contribution < 1.29 is 18.0 Å². The molecule has 0 unspecified atom stereocenters. The van der Waals surface area contributed by atoms with Crippen LogP contribution >= 0.6 is 27.7 Å². The van der Waals surface area contributed by atoms with Crippen LogP contribution in [0.2, 0.25) is 0 Å². The second-order valence-corrected chi connectivity index (χ2v) is 8.22. The van der Waals surface area contributed by atoms with E-state index in [-0.39, 0.29) is 11.4 Å². The van der Waals surface area contributed by atoms with E-state index in [1.807, 2.05) is 30.3 Å². The van der Waals surface area contributed by atoms with E-state index >= 15 is 0 Å². The molecule has 2 heterocycles. The fourth-order valence-electron chi connectivity index (χ4n) is 2.79. The number of amides is 1. The lowest BCUT2D eigenvalue weighted by Crippen LogP contribution is -2.18. The van der Waals surface area contributed by atoms with Gasteiger partial charge in [-0.3, -0.25) is 4.79 Å². The van der Waals surface area contributed by atoms with E-state index in [9.17, 15) is 18.0 Å². The molecule has 1 amide bonds. The highest BCUT2D eigenvalue weighted by Crippen LogP contribution is 2.34. The fraction of sp³-hybridized carbons (Fsp3) is 0.100. The van der Waals surface area contributed by atoms with Gasteiger partial charge in [0.05, 0.1) is 22.7 Å². The highest BCUT2D eigenvalue weighted by atomic mass is 79.9. The Morgan fingerprint density at radius 1 is 1.03 bits per heavy atom. The molecule has 0 atom stereocenters. The third kappa shape index (κ3) is 4.88. The monoisotopic (exact) mass is 507 g/mol. The molecule has 2 aromatic carbocycles. The van der Waals surface area contributed by atoms with Crippen LogP contribution in [0, 0.1) is 0 Å². The highest BCUT2D eigenvalue weighted by molar-refractivity contribution is 9.10. The van der Waals surface area contributed by atoms with Crippen molar-refractivity contribution in [3.63, 3.8) is 0 Å². The quantitative estimate of drug-likeness (QED) is 0.371. The molecule has 4 rings (SSSR count). The van der Waals surface area contributed by atoms with Crippen molar-refractivity contribution in [2.24, 2.45) is 0 Å². The molecule has 0 aliphatic rings. The van der Waals surface area contributed by atoms with Gasteiger partial charge in [0.25, 0.3) is 0 Å². The van der Waals surface area contributed by atoms with Gasteiger partial charge < -0.3 is 5.32 Å². The average Bonchev–Trinajstić information content (AvgIpc) is 3.15. The lowest BCUT2D eigenvalue weighted by molar-refractivity contribution is -0.137. The molecule has 1 N–H and O–H groups in total. The number of carbonyl (C=O) groups excluding carboxylic acids is 1. The van der Waals surface area contributed by atoms with Gasteiger partial charge in [-0.1, -0.05) is 52.0 Å². The number of nitrogens with zero attached hydrogens (tertiary/aromatic N) is 4. The third-order valence-corrected chi connectivity index (χ3v) is 5.66. The molecule has 0 aliphatic carbocycles. The van der Waals surface area contributed by atoms with E-state index in [4.69, 9.17) is 0 Å². The first-order valence-electron chi connectivity index (χ1n) is 8.88. The molecular formula is C20H13BrF3N5OS. The Kier molecular flexibility index (Phi) is 5.96. The first-order chi connectivity index (χ1) is 14.8. The highest BCUT2D eigenvalue weighted by Gasteiger charge is 2.33. The van der Waals surface area contributed by atoms with E-state index in [2.05, 4.69) is 36.5 Å². The van der Waals surface area contributed by atoms with Gasteiger partial charge in [-0.2, -0.15) is 22.8 Å². The number of halogens is 4. The lowest BCUT2D eigenvalue weighted by atomic mass is 10.1. The van der Waals surface area contributed by atoms with Crippen LogP contribution in [-0.2, 0) is 11.0 Å². The smallest absolute Gasteiger partial charge is 0.325 e. The second-order valence-electron chi connectivity index (χ2n) is 6.36. The number of hydrogen-bond acceptors (Lipinski definition) is 5. The zero-order valence-corrected chi connectivity index (χ0v) is 18.0. The lowest BCUT2D eigenvalue weighted by Gasteiger charge is -2.13. The number of nitrogens with one attached hydrogen (secondary N) is 1. The summed E-state index contributed by atoms with van der Waals surface area (Å²) in [5.74, 6) is -0.750. The average molecular weight is 508 g/mol. The topological polar surface area (TPSA) is 72.2 Å². The molecule has 31 heavy (non-hydrogen) atoms. The summed E-state index contributed by atoms with van der Waals surface area (Å²) in [5.41, 5.74) is 0.872. The third-order valence-electron chi connectivity index (χ3n) is 4.21. The number of benzene rings is 2. The molecule has 0 aliphatic heterocycles. The Morgan fingerprint density at radius 3 is 2.52 bits per heavy atom. The van der Waals surface area contributed by atoms with Crippen LogP contribution in [0.25, 0.3) is 16.9 Å². The number of carbonyl (C=O) groups is 1. The summed E-state index contributed by atoms with van der Waals surface area (Å²) in [7, 11) is 0. The maximum Gasteiger partial charge on any atom is 0.418 e. The number of thioether (sulfide) groups is 1. The van der Waals surface area contributed by atoms with Gasteiger partial charge in [-0.25, -0.2) is 0 Å². The van der Waals surface area contributed by atoms with Gasteiger partial charge in [0.2, 0.25) is 11.1 Å². The molecule has 158 valence electrons. The van der Waals surface area contributed by atoms with E-state index in [0.717, 1.165) is 27.9 Å². The van der Waals surface area contributed by atoms with E-state index in [1.54, 1.807) is 6.07 Å². The standard InChI is InChI=1S/C20H13BrF3N5OS/c21-13-7-5-12(6-8-13)15-9-10-17-26-27-19(29(17)28-15)31-11-18(30)25-16-4-2-1-3-14(16)20(22,23)24/h1-10H,11H2,(H,25,30). The van der Waals surface area contributed by atoms with Crippen molar-refractivity contribution in [2.45, 2.75) is 11.3 Å². The Hall–Kier alpha value is -2.92. The Bertz CT molecular complexity index is 1240. The van der Waals surface area contributed by atoms with Gasteiger partial charge in [0.15, 0.2) is 5.65 Å². The van der Waals surface area contributed by atoms with E-state index in [0.29, 0.717) is 16.5 Å². The SMILES string of the molecule is O=C(CSc1nnc2ccc(-c3ccc(Br)cc3)nn12)Nc1ccccc1C(F)(F)F. The van der Waals surface area contributed by atoms with Gasteiger partial charge >= 0.3 is 6.18 Å². The summed E-state index contributed by atoms with van der Waals surface area (Å²) in [6.07, 6.45) is -4.56. The molecular weight excluding hydrogens is 495 g/mol. The Labute approximate surface area is 187 Å². The minimum atomic E-state index is -4.56. The summed E-state index contributed by atoms with van der Waals surface area (Å²) in [6, 6.07) is 16.0. The summed E-state index contributed by atoms with van der Waals surface area (Å²) in [5, 5.41) is 15.2. The minimum absolute atomic E-state index is 0.156. The van der Waals surface area contributed by atoms with Crippen molar-refractivity contribution in [2.75, 3.05) is 11.1 Å². The van der Waals surface area contributed by atoms with Gasteiger partial charge in [0.1, 0.15) is 0 Å². The molecule has 0 bridgehead atoms. The number of aromatic nitrogens is 4. The van der Waals surface area contributed by atoms with Gasteiger partial charge in [-0.15, -0.1) is 10.2 Å². The number of anilines is 1. The zero-order chi connectivity index (χ0) is 22.0. The van der Waals surface area contributed by atoms with Crippen molar-refractivity contribution in [3.05, 3.63) is 70.7 Å². The molecule has 6 nitrogen and oxygen atoms in total. The van der Waals surface area contributed by atoms with Crippen LogP contribution in [0.3, 0.4) is 0 Å². The molecule has 11 heteroatoms. The predicted octanol–water partition coefficient (Wildman–Crippen LogP) is 5.30. The Morgan fingerprint density at radius 2 is 1.77 bits per heavy atom. The molecule has 0 radical (unpaired) electrons. The molecule has 2 aromatic heterocycles. The summed E-state index contributed by atoms with van der Waals surface area (Å²) < 4.78 is 41.7. The van der Waals surface area contributed by atoms with E-state index in [1.165, 1.54) is 22.7 Å². The predicted molar refractivity (Wildman–Crippen MR) is 115 cm³/mol. The van der Waals surface area contributed by atoms with Crippen molar-refractivity contribution >= 4 is 44.9 Å². The minimum Gasteiger partial charge on any atom is -0.325 e. The summed E-state index contributed by atoms with van der Waals surface area (Å²) in [4.78, 5) is 12.3. The maximum atomic E-state index is 13.1. The maximum absolute atomic E-state index is 13.1. The first-order valence-corrected chi connectivity index (χ1v) is 10.7. The molecule has 0 saturated carbocycles. The van der Waals surface area contributed by atoms with Gasteiger partial charge in [-0.05, 0) is 36.4 Å². The first kappa shape index (κ1) is 21.3. The summed E-state index contributed by atoms with van der Waals surface area (Å²) >= 11 is 4.42. The van der Waals surface area contributed by atoms with Crippen molar-refractivity contribution in [3.8, 4) is 11.3 Å². The number of hydrogen-bond donors (Lipinski definition) is 1. The Balaban J connectivity index is 1.50. The number of para-hydroxylation sites is 1. The number of rotatable bonds is 5. The number of fused-ring (bicyclic) bond motifs is 1. The van der Waals surface area contributed by atoms with Gasteiger partial charge in [0, 0.05) is 10.0 Å². The van der Waals surface area contributed by atoms with Crippen LogP contribution in [0.1, 0.15) is 5.56 Å². The van der Waals surface area contributed by atoms with E-state index < -0.39 is 17.6 Å². The molecule has 0 saturated heterocycles. The van der Waals surface area contributed by atoms with Crippen molar-refractivity contribution in [1.82, 2.24) is 19.8 Å². The molecule has 0 fully saturated rings. The molecule has 4 aromatic rings. The second kappa shape index (κ2) is 8.67. The number of alkyl halides is 3. The fourth-order valence-corrected chi connectivity index (χ4v) is 3.74. The zero-order valence-electron chi connectivity index (χ0n) is 15.6. The largest absolute Gasteiger partial charge is 0.418 e. The van der Waals surface area contributed by atoms with Crippen LogP contribution in [0.4, 0.5) is 18.9 Å². The van der Waals surface area contributed by atoms with Crippen LogP contribution in [0.5, 0.6) is 0 Å². The summed E-state index contributed by atoms with van der Waals surface area (Å²) in [6.45, 7) is 0. The normalized spacial score (nSPS) is 11.6. The van der Waals surface area contributed by atoms with Crippen LogP contribution in [-0.4, -0.2) is 31.5 Å². The van der Waals surface area contributed by atoms with Crippen LogP contribution in [0.15, 0.2) is 70.3 Å².